The monoisotopic (exact) mass is 326 g/mol. The molecular weight excluding hydrogens is 292 g/mol. The Labute approximate surface area is 148 Å². The van der Waals surface area contributed by atoms with Crippen LogP contribution >= 0.6 is 0 Å². The average molecular weight is 327 g/mol. The maximum atomic E-state index is 12.4. The highest BCUT2D eigenvalue weighted by atomic mass is 16.1. The number of rotatable bonds is 10. The zero-order chi connectivity index (χ0) is 17.2. The Bertz CT molecular complexity index is 523. The van der Waals surface area contributed by atoms with Gasteiger partial charge in [0.2, 0.25) is 0 Å². The lowest BCUT2D eigenvalue weighted by Crippen LogP contribution is -2.17. The molecule has 0 N–H and O–H groups in total. The molecule has 0 spiro atoms. The Morgan fingerprint density at radius 3 is 2.29 bits per heavy atom. The summed E-state index contributed by atoms with van der Waals surface area (Å²) >= 11 is 0. The van der Waals surface area contributed by atoms with Gasteiger partial charge in [-0.15, -0.1) is 0 Å². The minimum atomic E-state index is 0.276. The molecule has 1 aromatic rings. The lowest BCUT2D eigenvalue weighted by molar-refractivity contribution is -0.118. The summed E-state index contributed by atoms with van der Waals surface area (Å²) in [6.07, 6.45) is 15.2. The number of hydrogen-bond donors (Lipinski definition) is 0. The molecule has 132 valence electrons. The van der Waals surface area contributed by atoms with Crippen LogP contribution in [0.2, 0.25) is 0 Å². The zero-order valence-electron chi connectivity index (χ0n) is 15.7. The van der Waals surface area contributed by atoms with Gasteiger partial charge in [0.1, 0.15) is 0 Å². The Morgan fingerprint density at radius 1 is 0.917 bits per heavy atom. The summed E-state index contributed by atoms with van der Waals surface area (Å²) in [5.41, 5.74) is 3.91. The molecule has 0 amide bonds. The first kappa shape index (κ1) is 19.0. The number of hydrogen-bond acceptors (Lipinski definition) is 1. The van der Waals surface area contributed by atoms with Gasteiger partial charge in [-0.2, -0.15) is 0 Å². The Kier molecular flexibility index (Phi) is 8.28. The Hall–Kier alpha value is -1.37. The zero-order valence-corrected chi connectivity index (χ0v) is 15.7. The van der Waals surface area contributed by atoms with Crippen molar-refractivity contribution in [2.45, 2.75) is 84.5 Å². The summed E-state index contributed by atoms with van der Waals surface area (Å²) in [6.45, 7) is 4.47. The van der Waals surface area contributed by atoms with E-state index >= 15 is 0 Å². The Balaban J connectivity index is 1.87. The first-order valence-electron chi connectivity index (χ1n) is 10.1. The van der Waals surface area contributed by atoms with E-state index in [1.807, 2.05) is 6.08 Å². The standard InChI is InChI=1S/C23H34O/c1-3-5-7-9-10-19-12-14-20(15-13-19)22-17-16-21(23(24)18-22)11-8-6-4-2/h12-15,18,21H,3-11,16-17H2,1-2H3. The molecule has 1 unspecified atom stereocenters. The maximum absolute atomic E-state index is 12.4. The van der Waals surface area contributed by atoms with Gasteiger partial charge >= 0.3 is 0 Å². The van der Waals surface area contributed by atoms with Gasteiger partial charge in [-0.25, -0.2) is 0 Å². The van der Waals surface area contributed by atoms with Crippen molar-refractivity contribution in [2.75, 3.05) is 0 Å². The van der Waals surface area contributed by atoms with Gasteiger partial charge in [0, 0.05) is 5.92 Å². The van der Waals surface area contributed by atoms with E-state index in [0.29, 0.717) is 5.78 Å². The third kappa shape index (κ3) is 5.92. The summed E-state index contributed by atoms with van der Waals surface area (Å²) < 4.78 is 0. The van der Waals surface area contributed by atoms with Gasteiger partial charge in [0.25, 0.3) is 0 Å². The first-order chi connectivity index (χ1) is 11.7. The fraction of sp³-hybridized carbons (Fsp3) is 0.609. The van der Waals surface area contributed by atoms with E-state index in [-0.39, 0.29) is 5.92 Å². The summed E-state index contributed by atoms with van der Waals surface area (Å²) in [5, 5.41) is 0. The van der Waals surface area contributed by atoms with Crippen LogP contribution in [0, 0.1) is 5.92 Å². The van der Waals surface area contributed by atoms with Gasteiger partial charge in [0.15, 0.2) is 5.78 Å². The topological polar surface area (TPSA) is 17.1 Å². The fourth-order valence-electron chi connectivity index (χ4n) is 3.63. The van der Waals surface area contributed by atoms with Crippen LogP contribution in [0.1, 0.15) is 89.2 Å². The predicted molar refractivity (Wildman–Crippen MR) is 104 cm³/mol. The molecule has 24 heavy (non-hydrogen) atoms. The molecule has 0 radical (unpaired) electrons. The van der Waals surface area contributed by atoms with E-state index in [1.54, 1.807) is 0 Å². The number of ketones is 1. The molecule has 0 aliphatic heterocycles. The van der Waals surface area contributed by atoms with E-state index in [0.717, 1.165) is 19.3 Å². The molecule has 1 heteroatoms. The molecule has 0 heterocycles. The highest BCUT2D eigenvalue weighted by Crippen LogP contribution is 2.31. The van der Waals surface area contributed by atoms with E-state index in [1.165, 1.54) is 68.1 Å². The molecule has 0 bridgehead atoms. The van der Waals surface area contributed by atoms with Crippen LogP contribution in [0.4, 0.5) is 0 Å². The van der Waals surface area contributed by atoms with E-state index in [9.17, 15) is 4.79 Å². The first-order valence-corrected chi connectivity index (χ1v) is 10.1. The van der Waals surface area contributed by atoms with Crippen molar-refractivity contribution in [1.29, 1.82) is 0 Å². The normalized spacial score (nSPS) is 17.8. The second kappa shape index (κ2) is 10.5. The molecule has 2 rings (SSSR count). The minimum Gasteiger partial charge on any atom is -0.295 e. The average Bonchev–Trinajstić information content (AvgIpc) is 2.61. The van der Waals surface area contributed by atoms with Crippen LogP contribution in [-0.4, -0.2) is 5.78 Å². The largest absolute Gasteiger partial charge is 0.295 e. The third-order valence-electron chi connectivity index (χ3n) is 5.28. The van der Waals surface area contributed by atoms with Crippen molar-refractivity contribution in [3.8, 4) is 0 Å². The van der Waals surface area contributed by atoms with Crippen molar-refractivity contribution >= 4 is 11.4 Å². The van der Waals surface area contributed by atoms with Crippen LogP contribution < -0.4 is 0 Å². The van der Waals surface area contributed by atoms with Crippen LogP contribution in [-0.2, 0) is 11.2 Å². The van der Waals surface area contributed by atoms with Crippen LogP contribution in [0.25, 0.3) is 5.57 Å². The molecular formula is C23H34O. The Morgan fingerprint density at radius 2 is 1.62 bits per heavy atom. The summed E-state index contributed by atoms with van der Waals surface area (Å²) in [6, 6.07) is 8.93. The van der Waals surface area contributed by atoms with Gasteiger partial charge in [-0.05, 0) is 54.9 Å². The molecule has 1 atom stereocenters. The van der Waals surface area contributed by atoms with Crippen molar-refractivity contribution in [1.82, 2.24) is 0 Å². The highest BCUT2D eigenvalue weighted by molar-refractivity contribution is 5.99. The number of aryl methyl sites for hydroxylation is 1. The number of unbranched alkanes of at least 4 members (excludes halogenated alkanes) is 5. The molecule has 0 aromatic heterocycles. The molecule has 1 nitrogen and oxygen atoms in total. The van der Waals surface area contributed by atoms with Gasteiger partial charge < -0.3 is 0 Å². The second-order valence-electron chi connectivity index (χ2n) is 7.31. The highest BCUT2D eigenvalue weighted by Gasteiger charge is 2.22. The van der Waals surface area contributed by atoms with Crippen molar-refractivity contribution < 1.29 is 4.79 Å². The van der Waals surface area contributed by atoms with Gasteiger partial charge in [-0.3, -0.25) is 4.79 Å². The quantitative estimate of drug-likeness (QED) is 0.434. The van der Waals surface area contributed by atoms with Gasteiger partial charge in [0.05, 0.1) is 0 Å². The number of benzene rings is 1. The van der Waals surface area contributed by atoms with Crippen molar-refractivity contribution in [3.05, 3.63) is 41.5 Å². The molecule has 1 aromatic carbocycles. The molecule has 1 aliphatic carbocycles. The van der Waals surface area contributed by atoms with Crippen molar-refractivity contribution in [2.24, 2.45) is 5.92 Å². The van der Waals surface area contributed by atoms with Crippen molar-refractivity contribution in [3.63, 3.8) is 0 Å². The number of carbonyl (C=O) groups excluding carboxylic acids is 1. The van der Waals surface area contributed by atoms with Gasteiger partial charge in [-0.1, -0.05) is 76.6 Å². The van der Waals surface area contributed by atoms with E-state index in [2.05, 4.69) is 38.1 Å². The second-order valence-corrected chi connectivity index (χ2v) is 7.31. The number of allylic oxidation sites excluding steroid dienone is 2. The summed E-state index contributed by atoms with van der Waals surface area (Å²) in [7, 11) is 0. The van der Waals surface area contributed by atoms with E-state index in [4.69, 9.17) is 0 Å². The smallest absolute Gasteiger partial charge is 0.159 e. The van der Waals surface area contributed by atoms with Crippen LogP contribution in [0.3, 0.4) is 0 Å². The van der Waals surface area contributed by atoms with Crippen LogP contribution in [0.15, 0.2) is 30.3 Å². The predicted octanol–water partition coefficient (Wildman–Crippen LogP) is 6.75. The van der Waals surface area contributed by atoms with E-state index < -0.39 is 0 Å². The minimum absolute atomic E-state index is 0.276. The number of carbonyl (C=O) groups is 1. The summed E-state index contributed by atoms with van der Waals surface area (Å²) in [4.78, 5) is 12.4. The lowest BCUT2D eigenvalue weighted by Gasteiger charge is -2.21. The fourth-order valence-corrected chi connectivity index (χ4v) is 3.63. The maximum Gasteiger partial charge on any atom is 0.159 e. The molecule has 1 aliphatic rings. The lowest BCUT2D eigenvalue weighted by atomic mass is 9.83. The molecule has 0 fully saturated rings. The third-order valence-corrected chi connectivity index (χ3v) is 5.28. The molecule has 0 saturated carbocycles. The van der Waals surface area contributed by atoms with Crippen LogP contribution in [0.5, 0.6) is 0 Å². The SMILES string of the molecule is CCCCCCc1ccc(C2=CC(=O)C(CCCCC)CC2)cc1. The summed E-state index contributed by atoms with van der Waals surface area (Å²) in [5.74, 6) is 0.633. The molecule has 0 saturated heterocycles.